The molecule has 0 radical (unpaired) electrons. The first-order chi connectivity index (χ1) is 15.1. The summed E-state index contributed by atoms with van der Waals surface area (Å²) in [6.07, 6.45) is 0. The number of amides is 1. The van der Waals surface area contributed by atoms with Gasteiger partial charge in [-0.15, -0.1) is 10.2 Å². The maximum absolute atomic E-state index is 13.3. The highest BCUT2D eigenvalue weighted by Gasteiger charge is 2.21. The van der Waals surface area contributed by atoms with Crippen molar-refractivity contribution in [3.63, 3.8) is 0 Å². The normalized spacial score (nSPS) is 13.9. The van der Waals surface area contributed by atoms with Crippen molar-refractivity contribution >= 4 is 29.3 Å². The molecule has 1 N–H and O–H groups in total. The number of benzene rings is 2. The second kappa shape index (κ2) is 9.88. The third-order valence-corrected chi connectivity index (χ3v) is 5.62. The minimum Gasteiger partial charge on any atom is -0.378 e. The van der Waals surface area contributed by atoms with Crippen LogP contribution < -0.4 is 10.2 Å². The monoisotopic (exact) mass is 445 g/mol. The van der Waals surface area contributed by atoms with Crippen molar-refractivity contribution in [1.29, 1.82) is 0 Å². The number of rotatable bonds is 7. The van der Waals surface area contributed by atoms with Crippen LogP contribution in [-0.2, 0) is 16.1 Å². The van der Waals surface area contributed by atoms with Crippen molar-refractivity contribution in [2.45, 2.75) is 11.7 Å². The van der Waals surface area contributed by atoms with Crippen LogP contribution in [0.15, 0.2) is 53.7 Å². The van der Waals surface area contributed by atoms with Gasteiger partial charge in [-0.2, -0.15) is 0 Å². The lowest BCUT2D eigenvalue weighted by Gasteiger charge is -2.28. The van der Waals surface area contributed by atoms with Gasteiger partial charge in [0, 0.05) is 24.8 Å². The summed E-state index contributed by atoms with van der Waals surface area (Å²) in [4.78, 5) is 14.4. The number of hydrogen-bond donors (Lipinski definition) is 1. The zero-order valence-corrected chi connectivity index (χ0v) is 17.4. The molecule has 2 heterocycles. The topological polar surface area (TPSA) is 72.3 Å². The van der Waals surface area contributed by atoms with Crippen LogP contribution in [0.4, 0.5) is 20.4 Å². The van der Waals surface area contributed by atoms with E-state index in [0.29, 0.717) is 38.0 Å². The summed E-state index contributed by atoms with van der Waals surface area (Å²) in [5.74, 6) is -1.14. The Hall–Kier alpha value is -2.98. The van der Waals surface area contributed by atoms with Crippen LogP contribution in [0.3, 0.4) is 0 Å². The van der Waals surface area contributed by atoms with Crippen molar-refractivity contribution in [3.8, 4) is 0 Å². The van der Waals surface area contributed by atoms with Crippen LogP contribution in [0, 0.1) is 11.6 Å². The molecule has 1 aromatic heterocycles. The maximum Gasteiger partial charge on any atom is 0.234 e. The fourth-order valence-corrected chi connectivity index (χ4v) is 3.98. The molecular formula is C21H21F2N5O2S. The molecule has 0 aliphatic carbocycles. The zero-order chi connectivity index (χ0) is 21.6. The minimum atomic E-state index is -0.749. The third-order valence-electron chi connectivity index (χ3n) is 4.65. The summed E-state index contributed by atoms with van der Waals surface area (Å²) < 4.78 is 34.1. The fraction of sp³-hybridized carbons (Fsp3) is 0.286. The number of anilines is 2. The Bertz CT molecular complexity index is 1020. The largest absolute Gasteiger partial charge is 0.378 e. The number of nitrogens with zero attached hydrogens (tertiary/aromatic N) is 4. The van der Waals surface area contributed by atoms with E-state index in [-0.39, 0.29) is 11.4 Å². The highest BCUT2D eigenvalue weighted by atomic mass is 32.2. The van der Waals surface area contributed by atoms with E-state index in [1.165, 1.54) is 11.8 Å². The lowest BCUT2D eigenvalue weighted by molar-refractivity contribution is -0.113. The molecule has 1 saturated heterocycles. The van der Waals surface area contributed by atoms with Crippen molar-refractivity contribution in [3.05, 3.63) is 65.7 Å². The van der Waals surface area contributed by atoms with E-state index in [9.17, 15) is 13.6 Å². The maximum atomic E-state index is 13.3. The molecule has 0 spiro atoms. The molecule has 2 aromatic carbocycles. The number of halogens is 2. The highest BCUT2D eigenvalue weighted by molar-refractivity contribution is 7.99. The van der Waals surface area contributed by atoms with E-state index in [1.54, 1.807) is 0 Å². The fourth-order valence-electron chi connectivity index (χ4n) is 3.24. The van der Waals surface area contributed by atoms with Gasteiger partial charge in [-0.25, -0.2) is 8.78 Å². The van der Waals surface area contributed by atoms with E-state index in [2.05, 4.69) is 20.4 Å². The molecule has 4 rings (SSSR count). The first kappa shape index (κ1) is 21.3. The molecule has 1 amide bonds. The number of thioether (sulfide) groups is 1. The summed E-state index contributed by atoms with van der Waals surface area (Å²) in [5, 5.41) is 11.7. The SMILES string of the molecule is O=C(CSc1nnc(N2CCOCC2)n1Cc1ccccc1)Nc1cc(F)cc(F)c1. The number of carbonyl (C=O) groups excluding carboxylic acids is 1. The lowest BCUT2D eigenvalue weighted by Crippen LogP contribution is -2.38. The van der Waals surface area contributed by atoms with Gasteiger partial charge in [-0.1, -0.05) is 42.1 Å². The molecule has 0 bridgehead atoms. The molecule has 1 fully saturated rings. The Morgan fingerprint density at radius 3 is 2.48 bits per heavy atom. The number of aromatic nitrogens is 3. The van der Waals surface area contributed by atoms with E-state index >= 15 is 0 Å². The van der Waals surface area contributed by atoms with Crippen LogP contribution >= 0.6 is 11.8 Å². The van der Waals surface area contributed by atoms with E-state index in [1.807, 2.05) is 34.9 Å². The van der Waals surface area contributed by atoms with E-state index in [4.69, 9.17) is 4.74 Å². The zero-order valence-electron chi connectivity index (χ0n) is 16.6. The molecule has 1 aliphatic heterocycles. The number of ether oxygens (including phenoxy) is 1. The molecule has 3 aromatic rings. The summed E-state index contributed by atoms with van der Waals surface area (Å²) in [5.41, 5.74) is 1.15. The van der Waals surface area contributed by atoms with Crippen LogP contribution in [0.5, 0.6) is 0 Å². The Labute approximate surface area is 182 Å². The van der Waals surface area contributed by atoms with Crippen molar-refractivity contribution in [2.24, 2.45) is 0 Å². The first-order valence-electron chi connectivity index (χ1n) is 9.77. The highest BCUT2D eigenvalue weighted by Crippen LogP contribution is 2.24. The van der Waals surface area contributed by atoms with Gasteiger partial charge in [0.05, 0.1) is 25.5 Å². The average Bonchev–Trinajstić information content (AvgIpc) is 3.15. The predicted octanol–water partition coefficient (Wildman–Crippen LogP) is 3.17. The molecule has 0 unspecified atom stereocenters. The quantitative estimate of drug-likeness (QED) is 0.564. The van der Waals surface area contributed by atoms with Crippen LogP contribution in [0.25, 0.3) is 0 Å². The second-order valence-corrected chi connectivity index (χ2v) is 7.89. The smallest absolute Gasteiger partial charge is 0.234 e. The number of morpholine rings is 1. The Morgan fingerprint density at radius 1 is 1.06 bits per heavy atom. The molecule has 31 heavy (non-hydrogen) atoms. The van der Waals surface area contributed by atoms with Gasteiger partial charge >= 0.3 is 0 Å². The van der Waals surface area contributed by atoms with Gasteiger partial charge in [-0.05, 0) is 17.7 Å². The van der Waals surface area contributed by atoms with Crippen molar-refractivity contribution in [1.82, 2.24) is 14.8 Å². The standard InChI is InChI=1S/C21H21F2N5O2S/c22-16-10-17(23)12-18(11-16)24-19(29)14-31-21-26-25-20(27-6-8-30-9-7-27)28(21)13-15-4-2-1-3-5-15/h1-5,10-12H,6-9,13-14H2,(H,24,29). The third kappa shape index (κ3) is 5.59. The van der Waals surface area contributed by atoms with Crippen LogP contribution in [0.1, 0.15) is 5.56 Å². The molecule has 10 heteroatoms. The average molecular weight is 445 g/mol. The number of nitrogens with one attached hydrogen (secondary N) is 1. The van der Waals surface area contributed by atoms with Crippen LogP contribution in [0.2, 0.25) is 0 Å². The first-order valence-corrected chi connectivity index (χ1v) is 10.8. The molecule has 1 aliphatic rings. The Kier molecular flexibility index (Phi) is 6.78. The summed E-state index contributed by atoms with van der Waals surface area (Å²) in [7, 11) is 0. The summed E-state index contributed by atoms with van der Waals surface area (Å²) >= 11 is 1.22. The van der Waals surface area contributed by atoms with Crippen molar-refractivity contribution in [2.75, 3.05) is 42.3 Å². The summed E-state index contributed by atoms with van der Waals surface area (Å²) in [6, 6.07) is 12.8. The molecule has 0 atom stereocenters. The molecule has 162 valence electrons. The Morgan fingerprint density at radius 2 is 1.77 bits per heavy atom. The van der Waals surface area contributed by atoms with Gasteiger partial charge < -0.3 is 15.0 Å². The lowest BCUT2D eigenvalue weighted by atomic mass is 10.2. The van der Waals surface area contributed by atoms with Crippen LogP contribution in [-0.4, -0.2) is 52.7 Å². The summed E-state index contributed by atoms with van der Waals surface area (Å²) in [6.45, 7) is 3.21. The van der Waals surface area contributed by atoms with Gasteiger partial charge in [0.15, 0.2) is 5.16 Å². The Balaban J connectivity index is 1.48. The van der Waals surface area contributed by atoms with Crippen molar-refractivity contribution < 1.29 is 18.3 Å². The molecule has 0 saturated carbocycles. The van der Waals surface area contributed by atoms with E-state index in [0.717, 1.165) is 29.7 Å². The van der Waals surface area contributed by atoms with Gasteiger partial charge in [-0.3, -0.25) is 9.36 Å². The second-order valence-electron chi connectivity index (χ2n) is 6.95. The van der Waals surface area contributed by atoms with Gasteiger partial charge in [0.25, 0.3) is 0 Å². The molecule has 7 nitrogen and oxygen atoms in total. The minimum absolute atomic E-state index is 0.0220. The predicted molar refractivity (Wildman–Crippen MR) is 114 cm³/mol. The number of carbonyl (C=O) groups is 1. The molecular weight excluding hydrogens is 424 g/mol. The van der Waals surface area contributed by atoms with Gasteiger partial charge in [0.1, 0.15) is 11.6 Å². The van der Waals surface area contributed by atoms with E-state index < -0.39 is 17.5 Å². The number of hydrogen-bond acceptors (Lipinski definition) is 6. The van der Waals surface area contributed by atoms with Gasteiger partial charge in [0.2, 0.25) is 11.9 Å².